The van der Waals surface area contributed by atoms with Crippen LogP contribution in [0.15, 0.2) is 36.4 Å². The number of hydrogen-bond donors (Lipinski definition) is 2. The molecular formula is C14H13FO2. The second-order valence-electron chi connectivity index (χ2n) is 3.86. The van der Waals surface area contributed by atoms with Crippen LogP contribution in [0.1, 0.15) is 12.5 Å². The van der Waals surface area contributed by atoms with Gasteiger partial charge in [0.15, 0.2) is 11.5 Å². The van der Waals surface area contributed by atoms with Crippen molar-refractivity contribution in [3.05, 3.63) is 47.8 Å². The summed E-state index contributed by atoms with van der Waals surface area (Å²) in [4.78, 5) is 0. The van der Waals surface area contributed by atoms with Crippen LogP contribution in [-0.2, 0) is 6.42 Å². The summed E-state index contributed by atoms with van der Waals surface area (Å²) >= 11 is 0. The smallest absolute Gasteiger partial charge is 0.160 e. The minimum atomic E-state index is -0.299. The zero-order valence-electron chi connectivity index (χ0n) is 9.44. The van der Waals surface area contributed by atoms with E-state index >= 15 is 0 Å². The van der Waals surface area contributed by atoms with Gasteiger partial charge in [0.1, 0.15) is 5.82 Å². The number of hydrogen-bond acceptors (Lipinski definition) is 2. The van der Waals surface area contributed by atoms with Gasteiger partial charge in [0.05, 0.1) is 0 Å². The van der Waals surface area contributed by atoms with Crippen molar-refractivity contribution in [2.75, 3.05) is 0 Å². The molecule has 0 unspecified atom stereocenters. The van der Waals surface area contributed by atoms with Crippen LogP contribution in [0, 0.1) is 5.82 Å². The molecule has 0 aromatic heterocycles. The molecule has 88 valence electrons. The fourth-order valence-corrected chi connectivity index (χ4v) is 1.76. The van der Waals surface area contributed by atoms with Crippen molar-refractivity contribution in [3.8, 4) is 22.6 Å². The Hall–Kier alpha value is -2.03. The predicted octanol–water partition coefficient (Wildman–Crippen LogP) is 3.47. The standard InChI is InChI=1S/C14H13FO2/c1-2-9-7-11(8-13(16)14(9)17)10-3-5-12(15)6-4-10/h3-8,16-17H,2H2,1H3. The van der Waals surface area contributed by atoms with Crippen LogP contribution in [0.25, 0.3) is 11.1 Å². The summed E-state index contributed by atoms with van der Waals surface area (Å²) in [5.41, 5.74) is 2.23. The number of halogens is 1. The van der Waals surface area contributed by atoms with E-state index in [0.29, 0.717) is 12.0 Å². The Morgan fingerprint density at radius 3 is 2.24 bits per heavy atom. The first-order valence-electron chi connectivity index (χ1n) is 5.42. The van der Waals surface area contributed by atoms with E-state index in [1.165, 1.54) is 18.2 Å². The molecule has 0 amide bonds. The van der Waals surface area contributed by atoms with Crippen LogP contribution >= 0.6 is 0 Å². The summed E-state index contributed by atoms with van der Waals surface area (Å²) < 4.78 is 12.8. The zero-order chi connectivity index (χ0) is 12.4. The van der Waals surface area contributed by atoms with Crippen molar-refractivity contribution in [3.63, 3.8) is 0 Å². The van der Waals surface area contributed by atoms with Crippen LogP contribution in [0.2, 0.25) is 0 Å². The first-order valence-corrected chi connectivity index (χ1v) is 5.42. The first-order chi connectivity index (χ1) is 8.11. The van der Waals surface area contributed by atoms with E-state index in [-0.39, 0.29) is 17.3 Å². The number of phenols is 2. The van der Waals surface area contributed by atoms with Crippen molar-refractivity contribution >= 4 is 0 Å². The molecule has 0 spiro atoms. The van der Waals surface area contributed by atoms with Gasteiger partial charge in [-0.1, -0.05) is 19.1 Å². The average Bonchev–Trinajstić information content (AvgIpc) is 2.33. The number of phenolic OH excluding ortho intramolecular Hbond substituents is 2. The second-order valence-corrected chi connectivity index (χ2v) is 3.86. The number of aryl methyl sites for hydroxylation is 1. The predicted molar refractivity (Wildman–Crippen MR) is 64.5 cm³/mol. The third-order valence-electron chi connectivity index (χ3n) is 2.73. The first kappa shape index (κ1) is 11.5. The van der Waals surface area contributed by atoms with Gasteiger partial charge in [-0.2, -0.15) is 0 Å². The van der Waals surface area contributed by atoms with Crippen LogP contribution in [-0.4, -0.2) is 10.2 Å². The molecule has 2 N–H and O–H groups in total. The Balaban J connectivity index is 2.52. The molecule has 2 nitrogen and oxygen atoms in total. The Morgan fingerprint density at radius 2 is 1.65 bits per heavy atom. The molecule has 0 fully saturated rings. The van der Waals surface area contributed by atoms with E-state index in [1.54, 1.807) is 18.2 Å². The van der Waals surface area contributed by atoms with E-state index < -0.39 is 0 Å². The van der Waals surface area contributed by atoms with Gasteiger partial charge in [0.2, 0.25) is 0 Å². The molecule has 0 radical (unpaired) electrons. The lowest BCUT2D eigenvalue weighted by Gasteiger charge is -2.08. The molecule has 0 aliphatic rings. The number of aromatic hydroxyl groups is 2. The Kier molecular flexibility index (Phi) is 3.00. The molecular weight excluding hydrogens is 219 g/mol. The lowest BCUT2D eigenvalue weighted by atomic mass is 10.0. The van der Waals surface area contributed by atoms with E-state index in [0.717, 1.165) is 11.1 Å². The van der Waals surface area contributed by atoms with Crippen LogP contribution in [0.3, 0.4) is 0 Å². The minimum absolute atomic E-state index is 0.0849. The van der Waals surface area contributed by atoms with E-state index in [2.05, 4.69) is 0 Å². The third-order valence-corrected chi connectivity index (χ3v) is 2.73. The Labute approximate surface area is 99.0 Å². The normalized spacial score (nSPS) is 10.5. The van der Waals surface area contributed by atoms with Gasteiger partial charge >= 0.3 is 0 Å². The van der Waals surface area contributed by atoms with Gasteiger partial charge in [0, 0.05) is 0 Å². The molecule has 2 rings (SSSR count). The fraction of sp³-hybridized carbons (Fsp3) is 0.143. The number of rotatable bonds is 2. The lowest BCUT2D eigenvalue weighted by molar-refractivity contribution is 0.400. The van der Waals surface area contributed by atoms with Gasteiger partial charge in [0.25, 0.3) is 0 Å². The summed E-state index contributed by atoms with van der Waals surface area (Å²) in [5, 5.41) is 19.2. The third kappa shape index (κ3) is 2.23. The molecule has 0 aliphatic heterocycles. The number of benzene rings is 2. The maximum Gasteiger partial charge on any atom is 0.160 e. The Bertz CT molecular complexity index is 533. The molecule has 2 aromatic rings. The van der Waals surface area contributed by atoms with Crippen molar-refractivity contribution in [1.29, 1.82) is 0 Å². The average molecular weight is 232 g/mol. The highest BCUT2D eigenvalue weighted by Gasteiger charge is 2.09. The highest BCUT2D eigenvalue weighted by atomic mass is 19.1. The molecule has 2 aromatic carbocycles. The van der Waals surface area contributed by atoms with Crippen LogP contribution < -0.4 is 0 Å². The van der Waals surface area contributed by atoms with Crippen LogP contribution in [0.4, 0.5) is 4.39 Å². The molecule has 0 saturated carbocycles. The van der Waals surface area contributed by atoms with Crippen molar-refractivity contribution in [2.24, 2.45) is 0 Å². The maximum absolute atomic E-state index is 12.8. The molecule has 3 heteroatoms. The van der Waals surface area contributed by atoms with Crippen molar-refractivity contribution in [1.82, 2.24) is 0 Å². The van der Waals surface area contributed by atoms with Gasteiger partial charge < -0.3 is 10.2 Å². The zero-order valence-corrected chi connectivity index (χ0v) is 9.44. The summed E-state index contributed by atoms with van der Waals surface area (Å²) in [6, 6.07) is 9.28. The Morgan fingerprint density at radius 1 is 1.00 bits per heavy atom. The molecule has 0 bridgehead atoms. The lowest BCUT2D eigenvalue weighted by Crippen LogP contribution is -1.86. The van der Waals surface area contributed by atoms with Gasteiger partial charge in [-0.25, -0.2) is 4.39 Å². The largest absolute Gasteiger partial charge is 0.504 e. The molecule has 0 heterocycles. The van der Waals surface area contributed by atoms with E-state index in [9.17, 15) is 14.6 Å². The highest BCUT2D eigenvalue weighted by Crippen LogP contribution is 2.34. The fourth-order valence-electron chi connectivity index (χ4n) is 1.76. The molecule has 0 atom stereocenters. The molecule has 0 aliphatic carbocycles. The van der Waals surface area contributed by atoms with Gasteiger partial charge in [-0.15, -0.1) is 0 Å². The van der Waals surface area contributed by atoms with Gasteiger partial charge in [-0.3, -0.25) is 0 Å². The topological polar surface area (TPSA) is 40.5 Å². The van der Waals surface area contributed by atoms with Crippen molar-refractivity contribution in [2.45, 2.75) is 13.3 Å². The summed E-state index contributed by atoms with van der Waals surface area (Å²) in [6.45, 7) is 1.89. The summed E-state index contributed by atoms with van der Waals surface area (Å²) in [7, 11) is 0. The van der Waals surface area contributed by atoms with Gasteiger partial charge in [-0.05, 0) is 47.4 Å². The summed E-state index contributed by atoms with van der Waals surface area (Å²) in [5.74, 6) is -0.533. The van der Waals surface area contributed by atoms with E-state index in [4.69, 9.17) is 0 Å². The second kappa shape index (κ2) is 4.45. The SMILES string of the molecule is CCc1cc(-c2ccc(F)cc2)cc(O)c1O. The maximum atomic E-state index is 12.8. The minimum Gasteiger partial charge on any atom is -0.504 e. The van der Waals surface area contributed by atoms with E-state index in [1.807, 2.05) is 6.92 Å². The summed E-state index contributed by atoms with van der Waals surface area (Å²) in [6.07, 6.45) is 0.619. The monoisotopic (exact) mass is 232 g/mol. The van der Waals surface area contributed by atoms with Crippen molar-refractivity contribution < 1.29 is 14.6 Å². The molecule has 0 saturated heterocycles. The quantitative estimate of drug-likeness (QED) is 0.778. The highest BCUT2D eigenvalue weighted by molar-refractivity contribution is 5.68. The molecule has 17 heavy (non-hydrogen) atoms. The van der Waals surface area contributed by atoms with Crippen LogP contribution in [0.5, 0.6) is 11.5 Å².